The zero-order chi connectivity index (χ0) is 23.4. The highest BCUT2D eigenvalue weighted by atomic mass is 19.2. The Morgan fingerprint density at radius 1 is 0.545 bits per heavy atom. The van der Waals surface area contributed by atoms with Crippen LogP contribution in [0.15, 0.2) is 66.7 Å². The molecule has 0 fully saturated rings. The van der Waals surface area contributed by atoms with E-state index >= 15 is 0 Å². The van der Waals surface area contributed by atoms with Gasteiger partial charge >= 0.3 is 0 Å². The van der Waals surface area contributed by atoms with Crippen molar-refractivity contribution in [3.05, 3.63) is 107 Å². The fraction of sp³-hybridized carbons (Fsp3) is 0.0741. The summed E-state index contributed by atoms with van der Waals surface area (Å²) in [5.41, 5.74) is 3.06. The Balaban J connectivity index is 2.11. The van der Waals surface area contributed by atoms with Gasteiger partial charge in [-0.1, -0.05) is 18.2 Å². The van der Waals surface area contributed by atoms with Crippen LogP contribution in [0.25, 0.3) is 38.6 Å². The van der Waals surface area contributed by atoms with Crippen molar-refractivity contribution < 1.29 is 26.5 Å². The Hall–Kier alpha value is -3.80. The fourth-order valence-corrected chi connectivity index (χ4v) is 4.55. The first-order valence-corrected chi connectivity index (χ1v) is 10.2. The third-order valence-electron chi connectivity index (χ3n) is 5.86. The van der Waals surface area contributed by atoms with E-state index in [2.05, 4.69) is 0 Å². The number of aryl methyl sites for hydroxylation is 2. The number of benzene rings is 4. The zero-order valence-electron chi connectivity index (χ0n) is 17.7. The molecule has 4 aromatic carbocycles. The van der Waals surface area contributed by atoms with Crippen molar-refractivity contribution in [2.45, 2.75) is 13.8 Å². The van der Waals surface area contributed by atoms with Gasteiger partial charge in [-0.05, 0) is 54.8 Å². The lowest BCUT2D eigenvalue weighted by atomic mass is 9.89. The van der Waals surface area contributed by atoms with Crippen molar-refractivity contribution in [3.8, 4) is 16.8 Å². The van der Waals surface area contributed by atoms with E-state index in [0.717, 1.165) is 24.3 Å². The van der Waals surface area contributed by atoms with Gasteiger partial charge in [0.2, 0.25) is 16.7 Å². The highest BCUT2D eigenvalue weighted by Crippen LogP contribution is 2.39. The molecule has 1 heterocycles. The van der Waals surface area contributed by atoms with Crippen LogP contribution in [-0.4, -0.2) is 0 Å². The second-order valence-corrected chi connectivity index (χ2v) is 8.03. The van der Waals surface area contributed by atoms with Crippen LogP contribution >= 0.6 is 0 Å². The van der Waals surface area contributed by atoms with E-state index < -0.39 is 29.1 Å². The molecule has 0 radical (unpaired) electrons. The number of halogens is 5. The Labute approximate surface area is 186 Å². The maximum atomic E-state index is 14.5. The van der Waals surface area contributed by atoms with Crippen molar-refractivity contribution in [3.63, 3.8) is 0 Å². The van der Waals surface area contributed by atoms with Crippen LogP contribution in [0.5, 0.6) is 0 Å². The lowest BCUT2D eigenvalue weighted by Crippen LogP contribution is -2.33. The molecule has 0 amide bonds. The second kappa shape index (κ2) is 7.66. The SMILES string of the molecule is Cc1cc(F)cc(C)c1-c1c2cc(F)c(F)cc2[n+](-c2ccccc2)c2cc(F)c(F)cc12. The number of hydrogen-bond acceptors (Lipinski definition) is 0. The monoisotopic (exact) mass is 450 g/mol. The Kier molecular flexibility index (Phi) is 4.89. The average molecular weight is 450 g/mol. The van der Waals surface area contributed by atoms with Crippen molar-refractivity contribution in [2.24, 2.45) is 0 Å². The maximum Gasteiger partial charge on any atom is 0.222 e. The first-order chi connectivity index (χ1) is 15.8. The van der Waals surface area contributed by atoms with E-state index in [1.54, 1.807) is 48.7 Å². The normalized spacial score (nSPS) is 11.5. The lowest BCUT2D eigenvalue weighted by Gasteiger charge is -2.16. The van der Waals surface area contributed by atoms with E-state index in [1.165, 1.54) is 12.1 Å². The minimum Gasteiger partial charge on any atom is -0.207 e. The topological polar surface area (TPSA) is 3.88 Å². The summed E-state index contributed by atoms with van der Waals surface area (Å²) in [7, 11) is 0. The molecule has 0 spiro atoms. The number of hydrogen-bond donors (Lipinski definition) is 0. The molecule has 5 aromatic rings. The predicted molar refractivity (Wildman–Crippen MR) is 118 cm³/mol. The van der Waals surface area contributed by atoms with Gasteiger partial charge in [-0.15, -0.1) is 0 Å². The third-order valence-corrected chi connectivity index (χ3v) is 5.86. The first-order valence-electron chi connectivity index (χ1n) is 10.2. The van der Waals surface area contributed by atoms with E-state index in [4.69, 9.17) is 0 Å². The number of fused-ring (bicyclic) bond motifs is 2. The van der Waals surface area contributed by atoms with Crippen LogP contribution in [0.2, 0.25) is 0 Å². The van der Waals surface area contributed by atoms with E-state index in [-0.39, 0.29) is 21.8 Å². The average Bonchev–Trinajstić information content (AvgIpc) is 2.76. The number of nitrogens with zero attached hydrogens (tertiary/aromatic N) is 1. The molecule has 0 saturated heterocycles. The standard InChI is InChI=1S/C27H17F5N/c1-14-8-16(28)9-15(2)26(14)27-18-10-20(29)22(31)12-24(18)33(17-6-4-3-5-7-17)25-13-23(32)21(30)11-19(25)27/h3-13H,1-2H3/q+1. The summed E-state index contributed by atoms with van der Waals surface area (Å²) in [6, 6.07) is 15.6. The van der Waals surface area contributed by atoms with Crippen molar-refractivity contribution in [2.75, 3.05) is 0 Å². The molecule has 0 aliphatic heterocycles. The molecule has 6 heteroatoms. The fourth-order valence-electron chi connectivity index (χ4n) is 4.55. The van der Waals surface area contributed by atoms with Crippen LogP contribution in [0, 0.1) is 42.9 Å². The van der Waals surface area contributed by atoms with E-state index in [0.29, 0.717) is 27.9 Å². The molecule has 5 rings (SSSR count). The van der Waals surface area contributed by atoms with Gasteiger partial charge in [0.15, 0.2) is 23.3 Å². The summed E-state index contributed by atoms with van der Waals surface area (Å²) in [6.07, 6.45) is 0. The van der Waals surface area contributed by atoms with E-state index in [1.807, 2.05) is 0 Å². The lowest BCUT2D eigenvalue weighted by molar-refractivity contribution is -0.538. The minimum atomic E-state index is -1.08. The predicted octanol–water partition coefficient (Wildman–Crippen LogP) is 7.25. The van der Waals surface area contributed by atoms with Gasteiger partial charge in [0.25, 0.3) is 0 Å². The Morgan fingerprint density at radius 2 is 1.00 bits per heavy atom. The van der Waals surface area contributed by atoms with Crippen molar-refractivity contribution in [1.82, 2.24) is 0 Å². The van der Waals surface area contributed by atoms with Crippen LogP contribution in [0.1, 0.15) is 11.1 Å². The smallest absolute Gasteiger partial charge is 0.207 e. The zero-order valence-corrected chi connectivity index (χ0v) is 17.7. The summed E-state index contributed by atoms with van der Waals surface area (Å²) < 4.78 is 73.6. The van der Waals surface area contributed by atoms with Gasteiger partial charge in [0, 0.05) is 29.8 Å². The number of pyridine rings is 1. The molecule has 0 N–H and O–H groups in total. The molecule has 0 aliphatic rings. The summed E-state index contributed by atoms with van der Waals surface area (Å²) in [6.45, 7) is 3.36. The Bertz CT molecular complexity index is 1480. The van der Waals surface area contributed by atoms with Gasteiger partial charge in [0.1, 0.15) is 5.82 Å². The second-order valence-electron chi connectivity index (χ2n) is 8.03. The molecule has 0 aliphatic carbocycles. The highest BCUT2D eigenvalue weighted by molar-refractivity contribution is 6.08. The Morgan fingerprint density at radius 3 is 1.48 bits per heavy atom. The van der Waals surface area contributed by atoms with Gasteiger partial charge in [-0.2, -0.15) is 4.57 Å². The first kappa shape index (κ1) is 21.1. The van der Waals surface area contributed by atoms with Crippen molar-refractivity contribution >= 4 is 21.8 Å². The summed E-state index contributed by atoms with van der Waals surface area (Å²) in [4.78, 5) is 0. The molecule has 33 heavy (non-hydrogen) atoms. The molecule has 164 valence electrons. The summed E-state index contributed by atoms with van der Waals surface area (Å²) >= 11 is 0. The molecule has 1 aromatic heterocycles. The molecule has 0 saturated carbocycles. The molecule has 1 nitrogen and oxygen atoms in total. The quantitative estimate of drug-likeness (QED) is 0.152. The summed E-state index contributed by atoms with van der Waals surface area (Å²) in [5.74, 6) is -4.77. The highest BCUT2D eigenvalue weighted by Gasteiger charge is 2.28. The van der Waals surface area contributed by atoms with Gasteiger partial charge < -0.3 is 0 Å². The van der Waals surface area contributed by atoms with Crippen LogP contribution in [-0.2, 0) is 0 Å². The molecular formula is C27H17F5N+. The van der Waals surface area contributed by atoms with Crippen molar-refractivity contribution in [1.29, 1.82) is 0 Å². The van der Waals surface area contributed by atoms with E-state index in [9.17, 15) is 22.0 Å². The van der Waals surface area contributed by atoms with Gasteiger partial charge in [0.05, 0.1) is 10.8 Å². The molecule has 0 bridgehead atoms. The molecule has 0 unspecified atom stereocenters. The van der Waals surface area contributed by atoms with Gasteiger partial charge in [-0.25, -0.2) is 22.0 Å². The van der Waals surface area contributed by atoms with Crippen LogP contribution < -0.4 is 4.57 Å². The number of rotatable bonds is 2. The largest absolute Gasteiger partial charge is 0.222 e. The molecule has 0 atom stereocenters. The maximum absolute atomic E-state index is 14.5. The van der Waals surface area contributed by atoms with Crippen LogP contribution in [0.4, 0.5) is 22.0 Å². The van der Waals surface area contributed by atoms with Gasteiger partial charge in [-0.3, -0.25) is 0 Å². The molecular weight excluding hydrogens is 433 g/mol. The number of para-hydroxylation sites is 1. The number of aromatic nitrogens is 1. The van der Waals surface area contributed by atoms with Crippen LogP contribution in [0.3, 0.4) is 0 Å². The summed E-state index contributed by atoms with van der Waals surface area (Å²) in [5, 5.41) is 0.572. The third kappa shape index (κ3) is 3.33. The minimum absolute atomic E-state index is 0.261.